The molecule has 7 nitrogen and oxygen atoms in total. The summed E-state index contributed by atoms with van der Waals surface area (Å²) in [6.07, 6.45) is 2.44. The molecule has 2 aromatic rings. The van der Waals surface area contributed by atoms with Crippen LogP contribution in [0.4, 0.5) is 0 Å². The number of aromatic hydroxyl groups is 1. The molecule has 136 valence electrons. The van der Waals surface area contributed by atoms with E-state index >= 15 is 0 Å². The fourth-order valence-corrected chi connectivity index (χ4v) is 2.96. The van der Waals surface area contributed by atoms with E-state index in [0.717, 1.165) is 0 Å². The van der Waals surface area contributed by atoms with Crippen molar-refractivity contribution in [2.24, 2.45) is 0 Å². The van der Waals surface area contributed by atoms with Gasteiger partial charge in [-0.2, -0.15) is 0 Å². The fraction of sp³-hybridized carbons (Fsp3) is 0.316. The van der Waals surface area contributed by atoms with Crippen LogP contribution in [-0.4, -0.2) is 41.2 Å². The maximum absolute atomic E-state index is 12.3. The minimum atomic E-state index is -0.876. The zero-order valence-electron chi connectivity index (χ0n) is 14.6. The van der Waals surface area contributed by atoms with E-state index in [1.165, 1.54) is 37.4 Å². The maximum atomic E-state index is 12.3. The predicted octanol–water partition coefficient (Wildman–Crippen LogP) is 1.62. The van der Waals surface area contributed by atoms with E-state index in [1.807, 2.05) is 24.3 Å². The van der Waals surface area contributed by atoms with Gasteiger partial charge in [0.1, 0.15) is 12.1 Å². The predicted molar refractivity (Wildman–Crippen MR) is 93.1 cm³/mol. The minimum Gasteiger partial charge on any atom is -0.503 e. The van der Waals surface area contributed by atoms with Crippen molar-refractivity contribution >= 4 is 11.9 Å². The molecule has 7 heteroatoms. The number of nitrogens with zero attached hydrogens (tertiary/aromatic N) is 1. The third-order valence-electron chi connectivity index (χ3n) is 4.32. The molecule has 0 fully saturated rings. The molecule has 0 radical (unpaired) electrons. The summed E-state index contributed by atoms with van der Waals surface area (Å²) >= 11 is 0. The van der Waals surface area contributed by atoms with Gasteiger partial charge >= 0.3 is 5.97 Å². The highest BCUT2D eigenvalue weighted by Gasteiger charge is 2.28. The molecule has 1 amide bonds. The van der Waals surface area contributed by atoms with Gasteiger partial charge < -0.3 is 19.9 Å². The molecule has 2 N–H and O–H groups in total. The second-order valence-electron chi connectivity index (χ2n) is 6.14. The molecule has 1 atom stereocenters. The number of hydrogen-bond donors (Lipinski definition) is 2. The molecule has 0 aliphatic heterocycles. The van der Waals surface area contributed by atoms with Gasteiger partial charge in [0, 0.05) is 25.1 Å². The second kappa shape index (κ2) is 7.43. The normalized spacial score (nSPS) is 14.4. The Hall–Kier alpha value is -3.09. The summed E-state index contributed by atoms with van der Waals surface area (Å²) in [5.74, 6) is -1.46. The van der Waals surface area contributed by atoms with Crippen LogP contribution in [0.15, 0.2) is 36.5 Å². The SMILES string of the molecule is COc1ccnc(C(=O)N[C@@H](C)C(=O)OC2Cc3ccccc3C2)c1O. The fourth-order valence-electron chi connectivity index (χ4n) is 2.96. The number of amides is 1. The molecule has 1 aliphatic rings. The molecule has 1 aromatic carbocycles. The van der Waals surface area contributed by atoms with Crippen molar-refractivity contribution in [3.8, 4) is 11.5 Å². The zero-order chi connectivity index (χ0) is 18.7. The van der Waals surface area contributed by atoms with Crippen LogP contribution in [0.3, 0.4) is 0 Å². The van der Waals surface area contributed by atoms with Crippen LogP contribution in [0, 0.1) is 0 Å². The van der Waals surface area contributed by atoms with Gasteiger partial charge in [-0.25, -0.2) is 9.78 Å². The Balaban J connectivity index is 1.59. The lowest BCUT2D eigenvalue weighted by Gasteiger charge is -2.17. The summed E-state index contributed by atoms with van der Waals surface area (Å²) in [7, 11) is 1.37. The van der Waals surface area contributed by atoms with Crippen molar-refractivity contribution in [2.75, 3.05) is 7.11 Å². The average molecular weight is 356 g/mol. The number of esters is 1. The van der Waals surface area contributed by atoms with Crippen LogP contribution >= 0.6 is 0 Å². The first-order valence-electron chi connectivity index (χ1n) is 8.29. The Morgan fingerprint density at radius 2 is 1.88 bits per heavy atom. The van der Waals surface area contributed by atoms with Gasteiger partial charge in [-0.15, -0.1) is 0 Å². The number of methoxy groups -OCH3 is 1. The van der Waals surface area contributed by atoms with Gasteiger partial charge in [0.2, 0.25) is 0 Å². The first-order valence-corrected chi connectivity index (χ1v) is 8.29. The van der Waals surface area contributed by atoms with Crippen molar-refractivity contribution in [3.05, 3.63) is 53.3 Å². The molecule has 1 heterocycles. The smallest absolute Gasteiger partial charge is 0.328 e. The molecular weight excluding hydrogens is 336 g/mol. The van der Waals surface area contributed by atoms with Crippen LogP contribution in [0.5, 0.6) is 11.5 Å². The van der Waals surface area contributed by atoms with Gasteiger partial charge in [-0.1, -0.05) is 24.3 Å². The van der Waals surface area contributed by atoms with E-state index in [9.17, 15) is 14.7 Å². The summed E-state index contributed by atoms with van der Waals surface area (Å²) in [5, 5.41) is 12.5. The van der Waals surface area contributed by atoms with E-state index in [-0.39, 0.29) is 23.3 Å². The molecule has 3 rings (SSSR count). The second-order valence-corrected chi connectivity index (χ2v) is 6.14. The van der Waals surface area contributed by atoms with Crippen LogP contribution in [0.1, 0.15) is 28.5 Å². The highest BCUT2D eigenvalue weighted by molar-refractivity contribution is 5.97. The number of pyridine rings is 1. The van der Waals surface area contributed by atoms with Crippen LogP contribution in [0.2, 0.25) is 0 Å². The van der Waals surface area contributed by atoms with Crippen LogP contribution in [0.25, 0.3) is 0 Å². The number of fused-ring (bicyclic) bond motifs is 1. The molecular formula is C19H20N2O5. The lowest BCUT2D eigenvalue weighted by Crippen LogP contribution is -2.41. The van der Waals surface area contributed by atoms with Gasteiger partial charge in [0.25, 0.3) is 5.91 Å². The van der Waals surface area contributed by atoms with E-state index in [1.54, 1.807) is 0 Å². The largest absolute Gasteiger partial charge is 0.503 e. The number of carbonyl (C=O) groups excluding carboxylic acids is 2. The molecule has 0 bridgehead atoms. The highest BCUT2D eigenvalue weighted by atomic mass is 16.5. The number of hydrogen-bond acceptors (Lipinski definition) is 6. The lowest BCUT2D eigenvalue weighted by atomic mass is 10.1. The molecule has 0 saturated heterocycles. The van der Waals surface area contributed by atoms with E-state index in [2.05, 4.69) is 10.3 Å². The number of carbonyl (C=O) groups is 2. The third-order valence-corrected chi connectivity index (χ3v) is 4.32. The van der Waals surface area contributed by atoms with E-state index in [4.69, 9.17) is 9.47 Å². The van der Waals surface area contributed by atoms with Crippen molar-refractivity contribution < 1.29 is 24.2 Å². The van der Waals surface area contributed by atoms with Crippen LogP contribution in [-0.2, 0) is 22.4 Å². The van der Waals surface area contributed by atoms with Crippen molar-refractivity contribution in [2.45, 2.75) is 31.9 Å². The standard InChI is InChI=1S/C19H20N2O5/c1-11(21-18(23)16-17(22)15(25-2)7-8-20-16)19(24)26-14-9-12-5-3-4-6-13(12)10-14/h3-8,11,14,22H,9-10H2,1-2H3,(H,21,23)/t11-/m0/s1. The Labute approximate surface area is 151 Å². The van der Waals surface area contributed by atoms with E-state index < -0.39 is 17.9 Å². The Kier molecular flexibility index (Phi) is 5.06. The first-order chi connectivity index (χ1) is 12.5. The number of aromatic nitrogens is 1. The highest BCUT2D eigenvalue weighted by Crippen LogP contribution is 2.27. The Bertz CT molecular complexity index is 811. The number of ether oxygens (including phenoxy) is 2. The summed E-state index contributed by atoms with van der Waals surface area (Å²) in [6, 6.07) is 8.51. The third kappa shape index (κ3) is 3.61. The molecule has 0 spiro atoms. The number of nitrogens with one attached hydrogen (secondary N) is 1. The topological polar surface area (TPSA) is 97.8 Å². The Morgan fingerprint density at radius 1 is 1.23 bits per heavy atom. The van der Waals surface area contributed by atoms with Gasteiger partial charge in [-0.05, 0) is 18.1 Å². The maximum Gasteiger partial charge on any atom is 0.328 e. The summed E-state index contributed by atoms with van der Waals surface area (Å²) in [4.78, 5) is 28.4. The van der Waals surface area contributed by atoms with Gasteiger partial charge in [-0.3, -0.25) is 4.79 Å². The summed E-state index contributed by atoms with van der Waals surface area (Å²) in [6.45, 7) is 1.53. The summed E-state index contributed by atoms with van der Waals surface area (Å²) < 4.78 is 10.5. The molecule has 1 aromatic heterocycles. The summed E-state index contributed by atoms with van der Waals surface area (Å²) in [5.41, 5.74) is 2.14. The van der Waals surface area contributed by atoms with Crippen molar-refractivity contribution in [1.82, 2.24) is 10.3 Å². The average Bonchev–Trinajstić information content (AvgIpc) is 3.03. The molecule has 0 saturated carbocycles. The first kappa shape index (κ1) is 17.7. The molecule has 1 aliphatic carbocycles. The van der Waals surface area contributed by atoms with E-state index in [0.29, 0.717) is 12.8 Å². The zero-order valence-corrected chi connectivity index (χ0v) is 14.6. The van der Waals surface area contributed by atoms with Crippen LogP contribution < -0.4 is 10.1 Å². The number of benzene rings is 1. The number of rotatable bonds is 5. The minimum absolute atomic E-state index is 0.129. The van der Waals surface area contributed by atoms with Crippen molar-refractivity contribution in [1.29, 1.82) is 0 Å². The van der Waals surface area contributed by atoms with Gasteiger partial charge in [0.05, 0.1) is 7.11 Å². The monoisotopic (exact) mass is 356 g/mol. The lowest BCUT2D eigenvalue weighted by molar-refractivity contribution is -0.150. The molecule has 0 unspecified atom stereocenters. The van der Waals surface area contributed by atoms with Crippen molar-refractivity contribution in [3.63, 3.8) is 0 Å². The quantitative estimate of drug-likeness (QED) is 0.790. The Morgan fingerprint density at radius 3 is 2.50 bits per heavy atom. The van der Waals surface area contributed by atoms with Gasteiger partial charge in [0.15, 0.2) is 17.2 Å². The molecule has 26 heavy (non-hydrogen) atoms.